The summed E-state index contributed by atoms with van der Waals surface area (Å²) in [7, 11) is 0. The number of allylic oxidation sites excluding steroid dienone is 1. The zero-order valence-electron chi connectivity index (χ0n) is 6.65. The summed E-state index contributed by atoms with van der Waals surface area (Å²) in [4.78, 5) is 20.4. The van der Waals surface area contributed by atoms with Gasteiger partial charge >= 0.3 is 11.9 Å². The number of carboxylic acid groups (broad SMARTS) is 2. The lowest BCUT2D eigenvalue weighted by molar-refractivity contribution is -0.132. The highest BCUT2D eigenvalue weighted by molar-refractivity contribution is 5.92. The van der Waals surface area contributed by atoms with Crippen LogP contribution in [-0.2, 0) is 9.59 Å². The van der Waals surface area contributed by atoms with E-state index in [1.165, 1.54) is 6.08 Å². The van der Waals surface area contributed by atoms with Gasteiger partial charge in [-0.2, -0.15) is 0 Å². The van der Waals surface area contributed by atoms with Crippen molar-refractivity contribution in [2.75, 3.05) is 0 Å². The van der Waals surface area contributed by atoms with Crippen molar-refractivity contribution in [1.29, 1.82) is 0 Å². The Balaban J connectivity index is 4.45. The summed E-state index contributed by atoms with van der Waals surface area (Å²) in [6.07, 6.45) is 3.87. The van der Waals surface area contributed by atoms with Gasteiger partial charge in [-0.05, 0) is 12.5 Å². The molecule has 12 heavy (non-hydrogen) atoms. The summed E-state index contributed by atoms with van der Waals surface area (Å²) in [5.74, 6) is -2.27. The molecular weight excluding hydrogens is 160 g/mol. The Labute approximate surface area is 69.8 Å². The molecule has 4 nitrogen and oxygen atoms in total. The van der Waals surface area contributed by atoms with Crippen molar-refractivity contribution in [3.63, 3.8) is 0 Å². The second kappa shape index (κ2) is 5.12. The number of hydrogen-bond donors (Lipinski definition) is 2. The molecule has 0 amide bonds. The van der Waals surface area contributed by atoms with Crippen LogP contribution in [0.3, 0.4) is 0 Å². The zero-order valence-corrected chi connectivity index (χ0v) is 6.65. The largest absolute Gasteiger partial charge is 0.478 e. The molecule has 0 aliphatic carbocycles. The molecule has 4 heteroatoms. The van der Waals surface area contributed by atoms with Crippen molar-refractivity contribution < 1.29 is 19.8 Å². The third-order valence-corrected chi connectivity index (χ3v) is 1.08. The van der Waals surface area contributed by atoms with Crippen molar-refractivity contribution in [3.05, 3.63) is 23.8 Å². The molecule has 0 saturated carbocycles. The van der Waals surface area contributed by atoms with Crippen LogP contribution in [0, 0.1) is 0 Å². The van der Waals surface area contributed by atoms with Crippen molar-refractivity contribution >= 4 is 11.9 Å². The summed E-state index contributed by atoms with van der Waals surface area (Å²) in [6.45, 7) is 1.78. The van der Waals surface area contributed by atoms with E-state index in [0.717, 1.165) is 12.2 Å². The van der Waals surface area contributed by atoms with Gasteiger partial charge in [0.05, 0.1) is 5.57 Å². The molecule has 0 aliphatic rings. The molecule has 0 aromatic rings. The molecule has 0 rings (SSSR count). The maximum Gasteiger partial charge on any atom is 0.335 e. The second-order valence-electron chi connectivity index (χ2n) is 2.04. The first-order valence-corrected chi connectivity index (χ1v) is 3.42. The molecule has 0 aromatic carbocycles. The lowest BCUT2D eigenvalue weighted by Crippen LogP contribution is -1.98. The zero-order chi connectivity index (χ0) is 9.56. The Morgan fingerprint density at radius 3 is 2.17 bits per heavy atom. The van der Waals surface area contributed by atoms with Crippen LogP contribution >= 0.6 is 0 Å². The van der Waals surface area contributed by atoms with Gasteiger partial charge in [-0.3, -0.25) is 0 Å². The normalized spacial score (nSPS) is 11.9. The fraction of sp³-hybridized carbons (Fsp3) is 0.250. The van der Waals surface area contributed by atoms with Gasteiger partial charge < -0.3 is 10.2 Å². The first kappa shape index (κ1) is 10.4. The minimum Gasteiger partial charge on any atom is -0.478 e. The molecule has 0 unspecified atom stereocenters. The van der Waals surface area contributed by atoms with Gasteiger partial charge in [-0.1, -0.05) is 13.0 Å². The number of rotatable bonds is 4. The van der Waals surface area contributed by atoms with Crippen molar-refractivity contribution in [3.8, 4) is 0 Å². The van der Waals surface area contributed by atoms with E-state index in [0.29, 0.717) is 6.42 Å². The van der Waals surface area contributed by atoms with Crippen molar-refractivity contribution in [2.45, 2.75) is 13.3 Å². The SMILES string of the molecule is CCC=C(C=CC(=O)O)C(=O)O. The van der Waals surface area contributed by atoms with Crippen molar-refractivity contribution in [1.82, 2.24) is 0 Å². The maximum atomic E-state index is 10.4. The average Bonchev–Trinajstić information content (AvgIpc) is 1.96. The van der Waals surface area contributed by atoms with E-state index in [-0.39, 0.29) is 5.57 Å². The lowest BCUT2D eigenvalue weighted by atomic mass is 10.2. The smallest absolute Gasteiger partial charge is 0.335 e. The van der Waals surface area contributed by atoms with Crippen LogP contribution in [0.1, 0.15) is 13.3 Å². The first-order chi connectivity index (χ1) is 5.57. The van der Waals surface area contributed by atoms with E-state index < -0.39 is 11.9 Å². The van der Waals surface area contributed by atoms with Gasteiger partial charge in [0, 0.05) is 6.08 Å². The molecule has 66 valence electrons. The number of carboxylic acids is 2. The topological polar surface area (TPSA) is 74.6 Å². The second-order valence-corrected chi connectivity index (χ2v) is 2.04. The standard InChI is InChI=1S/C8H10O4/c1-2-3-6(8(11)12)4-5-7(9)10/h3-5H,2H2,1H3,(H,9,10)(H,11,12). The third kappa shape index (κ3) is 4.27. The molecule has 0 aliphatic heterocycles. The fourth-order valence-electron chi connectivity index (χ4n) is 0.608. The maximum absolute atomic E-state index is 10.4. The summed E-state index contributed by atoms with van der Waals surface area (Å²) in [6, 6.07) is 0. The van der Waals surface area contributed by atoms with Crippen LogP contribution in [0.15, 0.2) is 23.8 Å². The summed E-state index contributed by atoms with van der Waals surface area (Å²) >= 11 is 0. The summed E-state index contributed by atoms with van der Waals surface area (Å²) < 4.78 is 0. The highest BCUT2D eigenvalue weighted by Gasteiger charge is 2.01. The van der Waals surface area contributed by atoms with E-state index in [9.17, 15) is 9.59 Å². The fourth-order valence-corrected chi connectivity index (χ4v) is 0.608. The van der Waals surface area contributed by atoms with Gasteiger partial charge in [0.15, 0.2) is 0 Å². The monoisotopic (exact) mass is 170 g/mol. The van der Waals surface area contributed by atoms with E-state index in [4.69, 9.17) is 10.2 Å². The minimum absolute atomic E-state index is 0.0000926. The molecule has 2 N–H and O–H groups in total. The quantitative estimate of drug-likeness (QED) is 0.488. The van der Waals surface area contributed by atoms with Crippen LogP contribution in [0.2, 0.25) is 0 Å². The highest BCUT2D eigenvalue weighted by atomic mass is 16.4. The summed E-state index contributed by atoms with van der Waals surface area (Å²) in [5, 5.41) is 16.7. The highest BCUT2D eigenvalue weighted by Crippen LogP contribution is 1.98. The number of carbonyl (C=O) groups is 2. The Kier molecular flexibility index (Phi) is 4.45. The molecule has 0 radical (unpaired) electrons. The van der Waals surface area contributed by atoms with Gasteiger partial charge in [0.25, 0.3) is 0 Å². The van der Waals surface area contributed by atoms with Crippen LogP contribution in [-0.4, -0.2) is 22.2 Å². The molecule has 0 heterocycles. The van der Waals surface area contributed by atoms with E-state index >= 15 is 0 Å². The molecule has 0 bridgehead atoms. The molecule has 0 atom stereocenters. The molecule has 0 spiro atoms. The van der Waals surface area contributed by atoms with Crippen LogP contribution in [0.25, 0.3) is 0 Å². The molecule has 0 saturated heterocycles. The average molecular weight is 170 g/mol. The van der Waals surface area contributed by atoms with Crippen LogP contribution in [0.4, 0.5) is 0 Å². The Morgan fingerprint density at radius 1 is 1.25 bits per heavy atom. The first-order valence-electron chi connectivity index (χ1n) is 3.42. The molecular formula is C8H10O4. The molecule has 0 aromatic heterocycles. The van der Waals surface area contributed by atoms with Crippen molar-refractivity contribution in [2.24, 2.45) is 0 Å². The Bertz CT molecular complexity index is 237. The van der Waals surface area contributed by atoms with Gasteiger partial charge in [-0.15, -0.1) is 0 Å². The van der Waals surface area contributed by atoms with Crippen LogP contribution in [0.5, 0.6) is 0 Å². The Morgan fingerprint density at radius 2 is 1.83 bits per heavy atom. The lowest BCUT2D eigenvalue weighted by Gasteiger charge is -1.91. The Hall–Kier alpha value is -1.58. The van der Waals surface area contributed by atoms with Crippen LogP contribution < -0.4 is 0 Å². The van der Waals surface area contributed by atoms with E-state index in [2.05, 4.69) is 0 Å². The molecule has 0 fully saturated rings. The third-order valence-electron chi connectivity index (χ3n) is 1.08. The number of aliphatic carboxylic acids is 2. The number of hydrogen-bond acceptors (Lipinski definition) is 2. The van der Waals surface area contributed by atoms with Gasteiger partial charge in [-0.25, -0.2) is 9.59 Å². The predicted octanol–water partition coefficient (Wildman–Crippen LogP) is 1.05. The minimum atomic E-state index is -1.15. The van der Waals surface area contributed by atoms with Gasteiger partial charge in [0.2, 0.25) is 0 Å². The van der Waals surface area contributed by atoms with Gasteiger partial charge in [0.1, 0.15) is 0 Å². The van der Waals surface area contributed by atoms with E-state index in [1.807, 2.05) is 0 Å². The predicted molar refractivity (Wildman–Crippen MR) is 42.8 cm³/mol. The van der Waals surface area contributed by atoms with E-state index in [1.54, 1.807) is 6.92 Å². The summed E-state index contributed by atoms with van der Waals surface area (Å²) in [5.41, 5.74) is -0.0000926.